The fourth-order valence-corrected chi connectivity index (χ4v) is 6.31. The van der Waals surface area contributed by atoms with Crippen LogP contribution in [-0.2, 0) is 15.8 Å². The number of aliphatic hydroxyl groups excluding tert-OH is 2. The zero-order valence-corrected chi connectivity index (χ0v) is 21.4. The molecule has 2 N–H and O–H groups in total. The van der Waals surface area contributed by atoms with E-state index >= 15 is 0 Å². The second-order valence-corrected chi connectivity index (χ2v) is 12.4. The Hall–Kier alpha value is -2.87. The molecular weight excluding hydrogens is 489 g/mol. The number of carbonyl (C=O) groups is 2. The molecule has 0 fully saturated rings. The Morgan fingerprint density at radius 2 is 1.25 bits per heavy atom. The number of ketones is 2. The maximum Gasteiger partial charge on any atom is 0.416 e. The number of allylic oxidation sites excluding steroid dienone is 4. The van der Waals surface area contributed by atoms with Gasteiger partial charge in [-0.2, -0.15) is 13.2 Å². The number of carbonyl (C=O) groups excluding carboxylic acids is 2. The summed E-state index contributed by atoms with van der Waals surface area (Å²) in [6.45, 7) is 7.52. The average Bonchev–Trinajstić information content (AvgIpc) is 3.19. The summed E-state index contributed by atoms with van der Waals surface area (Å²) in [5.41, 5.74) is -0.844. The Balaban J connectivity index is 1.83. The molecule has 2 aliphatic carbocycles. The highest BCUT2D eigenvalue weighted by Crippen LogP contribution is 2.49. The van der Waals surface area contributed by atoms with Crippen LogP contribution in [0, 0.1) is 10.8 Å². The molecule has 0 atom stereocenters. The molecule has 36 heavy (non-hydrogen) atoms. The van der Waals surface area contributed by atoms with Crippen LogP contribution in [0.15, 0.2) is 59.1 Å². The summed E-state index contributed by atoms with van der Waals surface area (Å²) in [5, 5.41) is 22.0. The van der Waals surface area contributed by atoms with Gasteiger partial charge in [0, 0.05) is 46.6 Å². The van der Waals surface area contributed by atoms with Crippen molar-refractivity contribution in [3.8, 4) is 10.4 Å². The van der Waals surface area contributed by atoms with Crippen molar-refractivity contribution in [1.29, 1.82) is 0 Å². The van der Waals surface area contributed by atoms with Gasteiger partial charge in [-0.15, -0.1) is 11.3 Å². The summed E-state index contributed by atoms with van der Waals surface area (Å²) in [4.78, 5) is 27.8. The quantitative estimate of drug-likeness (QED) is 0.431. The van der Waals surface area contributed by atoms with Crippen LogP contribution in [0.25, 0.3) is 10.4 Å². The molecule has 0 saturated heterocycles. The Labute approximate surface area is 212 Å². The van der Waals surface area contributed by atoms with Crippen molar-refractivity contribution in [2.24, 2.45) is 10.8 Å². The first kappa shape index (κ1) is 26.2. The molecule has 0 radical (unpaired) electrons. The highest BCUT2D eigenvalue weighted by atomic mass is 32.1. The second kappa shape index (κ2) is 8.91. The van der Waals surface area contributed by atoms with E-state index in [1.54, 1.807) is 12.1 Å². The van der Waals surface area contributed by atoms with Gasteiger partial charge in [-0.05, 0) is 40.7 Å². The minimum Gasteiger partial charge on any atom is -0.512 e. The van der Waals surface area contributed by atoms with E-state index in [9.17, 15) is 33.0 Å². The van der Waals surface area contributed by atoms with Gasteiger partial charge in [0.2, 0.25) is 0 Å². The van der Waals surface area contributed by atoms with Crippen LogP contribution in [0.1, 0.15) is 69.7 Å². The van der Waals surface area contributed by atoms with Gasteiger partial charge in [0.15, 0.2) is 11.6 Å². The minimum atomic E-state index is -4.44. The smallest absolute Gasteiger partial charge is 0.416 e. The minimum absolute atomic E-state index is 0.0938. The van der Waals surface area contributed by atoms with Gasteiger partial charge in [0.25, 0.3) is 0 Å². The van der Waals surface area contributed by atoms with Crippen molar-refractivity contribution in [3.05, 3.63) is 69.5 Å². The predicted molar refractivity (Wildman–Crippen MR) is 133 cm³/mol. The Morgan fingerprint density at radius 1 is 0.778 bits per heavy atom. The van der Waals surface area contributed by atoms with Crippen molar-refractivity contribution in [3.63, 3.8) is 0 Å². The first-order valence-corrected chi connectivity index (χ1v) is 12.6. The molecule has 1 heterocycles. The molecule has 0 spiro atoms. The van der Waals surface area contributed by atoms with E-state index in [0.717, 1.165) is 12.1 Å². The number of thiophene rings is 1. The van der Waals surface area contributed by atoms with Gasteiger partial charge in [-0.1, -0.05) is 39.8 Å². The summed E-state index contributed by atoms with van der Waals surface area (Å²) < 4.78 is 38.9. The van der Waals surface area contributed by atoms with Gasteiger partial charge < -0.3 is 10.2 Å². The Kier molecular flexibility index (Phi) is 6.48. The average molecular weight is 519 g/mol. The van der Waals surface area contributed by atoms with Gasteiger partial charge in [-0.3, -0.25) is 9.59 Å². The number of alkyl halides is 3. The van der Waals surface area contributed by atoms with E-state index in [-0.39, 0.29) is 59.9 Å². The third kappa shape index (κ3) is 5.14. The molecule has 0 saturated carbocycles. The number of hydrogen-bond donors (Lipinski definition) is 2. The van der Waals surface area contributed by atoms with Gasteiger partial charge in [0.1, 0.15) is 11.5 Å². The lowest BCUT2D eigenvalue weighted by atomic mass is 9.68. The highest BCUT2D eigenvalue weighted by molar-refractivity contribution is 7.15. The van der Waals surface area contributed by atoms with Gasteiger partial charge >= 0.3 is 6.18 Å². The van der Waals surface area contributed by atoms with Crippen LogP contribution < -0.4 is 0 Å². The molecule has 0 amide bonds. The molecule has 0 aliphatic heterocycles. The summed E-state index contributed by atoms with van der Waals surface area (Å²) in [6.07, 6.45) is -3.55. The van der Waals surface area contributed by atoms with Crippen LogP contribution in [0.5, 0.6) is 0 Å². The molecule has 192 valence electrons. The molecule has 1 aromatic heterocycles. The molecular formula is C28H29F3O4S. The van der Waals surface area contributed by atoms with Gasteiger partial charge in [-0.25, -0.2) is 0 Å². The zero-order chi connectivity index (χ0) is 26.6. The van der Waals surface area contributed by atoms with E-state index in [2.05, 4.69) is 0 Å². The van der Waals surface area contributed by atoms with E-state index in [1.807, 2.05) is 27.7 Å². The van der Waals surface area contributed by atoms with Crippen molar-refractivity contribution < 1.29 is 33.0 Å². The lowest BCUT2D eigenvalue weighted by Crippen LogP contribution is -2.33. The summed E-state index contributed by atoms with van der Waals surface area (Å²) >= 11 is 1.23. The SMILES string of the molecule is CC1(C)CC(=O)C(C(C2=C(O)CC(C)(C)CC2=O)c2ccc(-c3ccc(C(F)(F)F)cc3)s2)=C(O)C1. The number of Topliss-reactive ketones (excluding diaryl/α,β-unsaturated/α-hetero) is 2. The normalized spacial score (nSPS) is 20.4. The van der Waals surface area contributed by atoms with E-state index in [1.165, 1.54) is 23.5 Å². The number of aliphatic hydroxyl groups is 2. The van der Waals surface area contributed by atoms with Crippen LogP contribution in [0.2, 0.25) is 0 Å². The molecule has 0 unspecified atom stereocenters. The molecule has 0 bridgehead atoms. The fourth-order valence-electron chi connectivity index (χ4n) is 5.17. The summed E-state index contributed by atoms with van der Waals surface area (Å²) in [5.74, 6) is -1.69. The third-order valence-electron chi connectivity index (χ3n) is 6.78. The van der Waals surface area contributed by atoms with E-state index < -0.39 is 28.5 Å². The zero-order valence-electron chi connectivity index (χ0n) is 20.6. The van der Waals surface area contributed by atoms with Crippen LogP contribution >= 0.6 is 11.3 Å². The monoisotopic (exact) mass is 518 g/mol. The van der Waals surface area contributed by atoms with Crippen molar-refractivity contribution in [1.82, 2.24) is 0 Å². The maximum absolute atomic E-state index is 13.3. The maximum atomic E-state index is 13.3. The largest absolute Gasteiger partial charge is 0.512 e. The molecule has 4 nitrogen and oxygen atoms in total. The fraction of sp³-hybridized carbons (Fsp3) is 0.429. The molecule has 1 aromatic carbocycles. The molecule has 4 rings (SSSR count). The Morgan fingerprint density at radius 3 is 1.67 bits per heavy atom. The highest BCUT2D eigenvalue weighted by Gasteiger charge is 2.44. The Bertz CT molecular complexity index is 1220. The molecule has 8 heteroatoms. The van der Waals surface area contributed by atoms with Crippen LogP contribution in [0.3, 0.4) is 0 Å². The van der Waals surface area contributed by atoms with E-state index in [0.29, 0.717) is 15.3 Å². The predicted octanol–water partition coefficient (Wildman–Crippen LogP) is 7.92. The number of halogens is 3. The van der Waals surface area contributed by atoms with Crippen molar-refractivity contribution in [2.75, 3.05) is 0 Å². The number of rotatable bonds is 4. The van der Waals surface area contributed by atoms with Gasteiger partial charge in [0.05, 0.1) is 11.5 Å². The second-order valence-electron chi connectivity index (χ2n) is 11.3. The van der Waals surface area contributed by atoms with Crippen LogP contribution in [-0.4, -0.2) is 21.8 Å². The standard InChI is InChI=1S/C28H29F3O4S/c1-26(2)11-17(32)23(18(33)12-26)25(24-19(34)13-27(3,4)14-20(24)35)22-10-9-21(36-22)15-5-7-16(8-6-15)28(29,30)31/h5-10,25,32,34H,11-14H2,1-4H3. The number of benzene rings is 1. The topological polar surface area (TPSA) is 74.6 Å². The summed E-state index contributed by atoms with van der Waals surface area (Å²) in [7, 11) is 0. The van der Waals surface area contributed by atoms with E-state index in [4.69, 9.17) is 0 Å². The lowest BCUT2D eigenvalue weighted by molar-refractivity contribution is -0.137. The molecule has 2 aliphatic rings. The molecule has 2 aromatic rings. The first-order valence-electron chi connectivity index (χ1n) is 11.8. The van der Waals surface area contributed by atoms with Crippen molar-refractivity contribution in [2.45, 2.75) is 65.5 Å². The van der Waals surface area contributed by atoms with Crippen molar-refractivity contribution >= 4 is 22.9 Å². The number of hydrogen-bond acceptors (Lipinski definition) is 5. The first-order chi connectivity index (χ1) is 16.6. The van der Waals surface area contributed by atoms with Crippen LogP contribution in [0.4, 0.5) is 13.2 Å². The third-order valence-corrected chi connectivity index (χ3v) is 7.98. The lowest BCUT2D eigenvalue weighted by Gasteiger charge is -2.36. The summed E-state index contributed by atoms with van der Waals surface area (Å²) in [6, 6.07) is 8.21.